The van der Waals surface area contributed by atoms with Crippen LogP contribution in [0.15, 0.2) is 23.8 Å². The van der Waals surface area contributed by atoms with Gasteiger partial charge >= 0.3 is 0 Å². The minimum absolute atomic E-state index is 0.142. The Bertz CT molecular complexity index is 291. The van der Waals surface area contributed by atoms with Gasteiger partial charge in [-0.2, -0.15) is 0 Å². The first-order chi connectivity index (χ1) is 7.93. The molecule has 2 N–H and O–H groups in total. The molecular formula is C15H26O2. The number of allylic oxidation sites excluding steroid dienone is 2. The molecule has 0 radical (unpaired) electrons. The van der Waals surface area contributed by atoms with E-state index in [1.165, 1.54) is 5.57 Å². The van der Waals surface area contributed by atoms with Crippen molar-refractivity contribution < 1.29 is 10.2 Å². The van der Waals surface area contributed by atoms with Crippen LogP contribution in [-0.4, -0.2) is 22.4 Å². The molecule has 0 aromatic rings. The Morgan fingerprint density at radius 2 is 1.94 bits per heavy atom. The standard InChI is InChI=1S/C15H26O2/c1-10(2)13-9-8-11(3)6-5-7-12(4)14(16)15(13)17/h6,10,13-17H,4-5,7-9H2,1-3H3/t13-,14+,15-/m0/s1. The number of hydrogen-bond acceptors (Lipinski definition) is 2. The van der Waals surface area contributed by atoms with E-state index in [1.54, 1.807) is 0 Å². The zero-order valence-corrected chi connectivity index (χ0v) is 11.3. The molecule has 1 rings (SSSR count). The molecule has 2 heteroatoms. The van der Waals surface area contributed by atoms with Crippen LogP contribution in [0.5, 0.6) is 0 Å². The van der Waals surface area contributed by atoms with Gasteiger partial charge in [-0.1, -0.05) is 32.1 Å². The molecule has 0 aromatic heterocycles. The molecule has 0 unspecified atom stereocenters. The number of hydrogen-bond donors (Lipinski definition) is 2. The number of aliphatic hydroxyl groups is 2. The highest BCUT2D eigenvalue weighted by molar-refractivity contribution is 5.10. The predicted octanol–water partition coefficient (Wildman–Crippen LogP) is 3.06. The summed E-state index contributed by atoms with van der Waals surface area (Å²) in [6.07, 6.45) is 4.42. The summed E-state index contributed by atoms with van der Waals surface area (Å²) in [6, 6.07) is 0. The summed E-state index contributed by atoms with van der Waals surface area (Å²) < 4.78 is 0. The zero-order chi connectivity index (χ0) is 13.0. The topological polar surface area (TPSA) is 40.5 Å². The SMILES string of the molecule is C=C1CCC=C(C)CC[C@@H](C(C)C)[C@H](O)[C@@H]1O. The molecule has 0 amide bonds. The minimum atomic E-state index is -0.769. The average molecular weight is 238 g/mol. The van der Waals surface area contributed by atoms with Crippen molar-refractivity contribution >= 4 is 0 Å². The third kappa shape index (κ3) is 3.97. The molecule has 2 nitrogen and oxygen atoms in total. The van der Waals surface area contributed by atoms with Gasteiger partial charge in [0.15, 0.2) is 0 Å². The van der Waals surface area contributed by atoms with Gasteiger partial charge in [0.05, 0.1) is 6.10 Å². The Kier molecular flexibility index (Phi) is 5.41. The van der Waals surface area contributed by atoms with Crippen LogP contribution in [0.2, 0.25) is 0 Å². The molecule has 0 fully saturated rings. The van der Waals surface area contributed by atoms with Gasteiger partial charge in [-0.15, -0.1) is 0 Å². The van der Waals surface area contributed by atoms with Gasteiger partial charge in [0.1, 0.15) is 6.10 Å². The van der Waals surface area contributed by atoms with Crippen LogP contribution >= 0.6 is 0 Å². The van der Waals surface area contributed by atoms with E-state index in [9.17, 15) is 10.2 Å². The van der Waals surface area contributed by atoms with Gasteiger partial charge < -0.3 is 10.2 Å². The van der Waals surface area contributed by atoms with E-state index < -0.39 is 12.2 Å². The molecule has 0 bridgehead atoms. The average Bonchev–Trinajstić information content (AvgIpc) is 2.26. The van der Waals surface area contributed by atoms with Crippen molar-refractivity contribution in [3.05, 3.63) is 23.8 Å². The van der Waals surface area contributed by atoms with Crippen molar-refractivity contribution in [2.75, 3.05) is 0 Å². The fourth-order valence-corrected chi connectivity index (χ4v) is 2.52. The van der Waals surface area contributed by atoms with E-state index in [2.05, 4.69) is 33.4 Å². The molecule has 0 saturated carbocycles. The number of rotatable bonds is 1. The molecule has 1 aliphatic carbocycles. The van der Waals surface area contributed by atoms with Gasteiger partial charge in [-0.3, -0.25) is 0 Å². The lowest BCUT2D eigenvalue weighted by atomic mass is 9.80. The Morgan fingerprint density at radius 3 is 2.53 bits per heavy atom. The monoisotopic (exact) mass is 238 g/mol. The molecule has 3 atom stereocenters. The van der Waals surface area contributed by atoms with Gasteiger partial charge in [0, 0.05) is 0 Å². The Balaban J connectivity index is 2.87. The first-order valence-corrected chi connectivity index (χ1v) is 6.63. The van der Waals surface area contributed by atoms with Crippen LogP contribution in [0.4, 0.5) is 0 Å². The summed E-state index contributed by atoms with van der Waals surface area (Å²) in [5.41, 5.74) is 2.14. The van der Waals surface area contributed by atoms with Crippen molar-refractivity contribution in [1.82, 2.24) is 0 Å². The lowest BCUT2D eigenvalue weighted by Gasteiger charge is -2.31. The van der Waals surface area contributed by atoms with Crippen LogP contribution in [0.3, 0.4) is 0 Å². The van der Waals surface area contributed by atoms with Crippen LogP contribution < -0.4 is 0 Å². The molecular weight excluding hydrogens is 212 g/mol. The van der Waals surface area contributed by atoms with Crippen molar-refractivity contribution in [2.24, 2.45) is 11.8 Å². The normalized spacial score (nSPS) is 32.5. The third-order valence-corrected chi connectivity index (χ3v) is 3.87. The molecule has 1 aliphatic rings. The smallest absolute Gasteiger partial charge is 0.101 e. The van der Waals surface area contributed by atoms with Crippen LogP contribution in [0.25, 0.3) is 0 Å². The van der Waals surface area contributed by atoms with E-state index >= 15 is 0 Å². The summed E-state index contributed by atoms with van der Waals surface area (Å²) in [7, 11) is 0. The largest absolute Gasteiger partial charge is 0.390 e. The van der Waals surface area contributed by atoms with Gasteiger partial charge in [0.2, 0.25) is 0 Å². The summed E-state index contributed by atoms with van der Waals surface area (Å²) in [4.78, 5) is 0. The predicted molar refractivity (Wildman–Crippen MR) is 71.7 cm³/mol. The van der Waals surface area contributed by atoms with E-state index in [0.717, 1.165) is 31.3 Å². The maximum Gasteiger partial charge on any atom is 0.101 e. The third-order valence-electron chi connectivity index (χ3n) is 3.87. The van der Waals surface area contributed by atoms with E-state index in [4.69, 9.17) is 0 Å². The van der Waals surface area contributed by atoms with Gasteiger partial charge in [0.25, 0.3) is 0 Å². The quantitative estimate of drug-likeness (QED) is 0.689. The lowest BCUT2D eigenvalue weighted by Crippen LogP contribution is -2.37. The summed E-state index contributed by atoms with van der Waals surface area (Å²) in [5, 5.41) is 20.3. The summed E-state index contributed by atoms with van der Waals surface area (Å²) >= 11 is 0. The second-order valence-electron chi connectivity index (χ2n) is 5.63. The highest BCUT2D eigenvalue weighted by Gasteiger charge is 2.30. The summed E-state index contributed by atoms with van der Waals surface area (Å²) in [5.74, 6) is 0.517. The fraction of sp³-hybridized carbons (Fsp3) is 0.733. The van der Waals surface area contributed by atoms with Crippen LogP contribution in [0.1, 0.15) is 46.5 Å². The van der Waals surface area contributed by atoms with Gasteiger partial charge in [-0.05, 0) is 50.0 Å². The molecule has 98 valence electrons. The van der Waals surface area contributed by atoms with E-state index in [1.807, 2.05) is 0 Å². The fourth-order valence-electron chi connectivity index (χ4n) is 2.52. The zero-order valence-electron chi connectivity index (χ0n) is 11.3. The Morgan fingerprint density at radius 1 is 1.29 bits per heavy atom. The van der Waals surface area contributed by atoms with Crippen molar-refractivity contribution in [2.45, 2.75) is 58.7 Å². The molecule has 17 heavy (non-hydrogen) atoms. The molecule has 0 saturated heterocycles. The molecule has 0 heterocycles. The molecule has 0 aliphatic heterocycles. The second kappa shape index (κ2) is 6.36. The minimum Gasteiger partial charge on any atom is -0.390 e. The van der Waals surface area contributed by atoms with Crippen molar-refractivity contribution in [1.29, 1.82) is 0 Å². The summed E-state index contributed by atoms with van der Waals surface area (Å²) in [6.45, 7) is 10.3. The Hall–Kier alpha value is -0.600. The highest BCUT2D eigenvalue weighted by Crippen LogP contribution is 2.29. The van der Waals surface area contributed by atoms with Gasteiger partial charge in [-0.25, -0.2) is 0 Å². The molecule has 0 spiro atoms. The van der Waals surface area contributed by atoms with E-state index in [0.29, 0.717) is 5.92 Å². The van der Waals surface area contributed by atoms with E-state index in [-0.39, 0.29) is 5.92 Å². The van der Waals surface area contributed by atoms with Crippen LogP contribution in [0, 0.1) is 11.8 Å². The highest BCUT2D eigenvalue weighted by atomic mass is 16.3. The molecule has 0 aromatic carbocycles. The Labute approximate surface area is 105 Å². The van der Waals surface area contributed by atoms with Crippen molar-refractivity contribution in [3.63, 3.8) is 0 Å². The lowest BCUT2D eigenvalue weighted by molar-refractivity contribution is -0.0163. The van der Waals surface area contributed by atoms with Crippen LogP contribution in [-0.2, 0) is 0 Å². The maximum absolute atomic E-state index is 10.3. The van der Waals surface area contributed by atoms with Crippen molar-refractivity contribution in [3.8, 4) is 0 Å². The maximum atomic E-state index is 10.3. The number of aliphatic hydroxyl groups excluding tert-OH is 2. The second-order valence-corrected chi connectivity index (χ2v) is 5.63. The first-order valence-electron chi connectivity index (χ1n) is 6.63. The first kappa shape index (κ1) is 14.5.